The van der Waals surface area contributed by atoms with Crippen molar-refractivity contribution in [3.63, 3.8) is 0 Å². The quantitative estimate of drug-likeness (QED) is 0.117. The van der Waals surface area contributed by atoms with Gasteiger partial charge in [-0.3, -0.25) is 0 Å². The Balaban J connectivity index is 0.000000213. The third-order valence-electron chi connectivity index (χ3n) is 8.49. The van der Waals surface area contributed by atoms with Gasteiger partial charge < -0.3 is 14.2 Å². The van der Waals surface area contributed by atoms with Gasteiger partial charge in [-0.1, -0.05) is 93.9 Å². The molecule has 2 aromatic heterocycles. The Hall–Kier alpha value is -4.79. The Morgan fingerprint density at radius 2 is 0.968 bits per heavy atom. The van der Waals surface area contributed by atoms with Crippen LogP contribution in [0.3, 0.4) is 0 Å². The summed E-state index contributed by atoms with van der Waals surface area (Å²) in [5.41, 5.74) is 3.74. The number of hydrogen-bond donors (Lipinski definition) is 0. The van der Waals surface area contributed by atoms with Gasteiger partial charge in [-0.25, -0.2) is 17.2 Å². The fourth-order valence-corrected chi connectivity index (χ4v) is 7.95. The molecule has 0 saturated heterocycles. The zero-order valence-corrected chi connectivity index (χ0v) is 39.1. The van der Waals surface area contributed by atoms with Crippen molar-refractivity contribution < 1.29 is 31.4 Å². The van der Waals surface area contributed by atoms with Gasteiger partial charge in [0.15, 0.2) is 26.5 Å². The normalized spacial score (nSPS) is 11.3. The first kappa shape index (κ1) is 47.7. The average Bonchev–Trinajstić information content (AvgIpc) is 3.19. The molecule has 7 aromatic rings. The molecule has 0 saturated carbocycles. The maximum Gasteiger partial charge on any atom is 0.320 e. The zero-order chi connectivity index (χ0) is 45.7. The van der Waals surface area contributed by atoms with Crippen LogP contribution in [0.15, 0.2) is 108 Å². The Morgan fingerprint density at radius 1 is 0.524 bits per heavy atom. The predicted molar refractivity (Wildman–Crippen MR) is 247 cm³/mol. The van der Waals surface area contributed by atoms with E-state index in [-0.39, 0.29) is 40.9 Å². The van der Waals surface area contributed by atoms with E-state index in [2.05, 4.69) is 19.9 Å². The molecule has 0 unspecified atom stereocenters. The Morgan fingerprint density at radius 3 is 1.41 bits per heavy atom. The molecular weight excluding hydrogens is 959 g/mol. The van der Waals surface area contributed by atoms with Crippen LogP contribution < -0.4 is 14.2 Å². The zero-order valence-electron chi connectivity index (χ0n) is 33.7. The van der Waals surface area contributed by atoms with E-state index in [4.69, 9.17) is 83.8 Å². The molecule has 7 rings (SSSR count). The lowest BCUT2D eigenvalue weighted by atomic mass is 10.00. The van der Waals surface area contributed by atoms with Crippen molar-refractivity contribution in [3.05, 3.63) is 145 Å². The molecule has 0 atom stereocenters. The number of benzene rings is 5. The second-order valence-electron chi connectivity index (χ2n) is 14.1. The van der Waals surface area contributed by atoms with Crippen molar-refractivity contribution in [1.82, 2.24) is 19.9 Å². The van der Waals surface area contributed by atoms with Gasteiger partial charge in [0.25, 0.3) is 0 Å². The minimum absolute atomic E-state index is 0.0197. The first-order valence-corrected chi connectivity index (χ1v) is 22.9. The standard InChI is InChI=1S/C25H17Cl3F2N2O2.C20H17Cl3N2O3S/c1-13(2)33-25-31-23(18-9-7-16(27)11-19(18)28)22(14-3-5-15(26)6-4-14)24(32-25)34-17-8-10-20(29)21(30)12-17;1-11(2)28-20-24-18(15-9-8-14(22)10-16(15)23)17(19(25-20)29(3,26)27)12-4-6-13(21)7-5-12/h3-13H,1-2H3;4-11H,1-3H3. The molecule has 0 aliphatic heterocycles. The average molecular weight is 994 g/mol. The fourth-order valence-electron chi connectivity index (χ4n) is 5.87. The topological polar surface area (TPSA) is 113 Å². The van der Waals surface area contributed by atoms with Crippen molar-refractivity contribution in [1.29, 1.82) is 0 Å². The molecule has 0 amide bonds. The summed E-state index contributed by atoms with van der Waals surface area (Å²) in [7, 11) is -3.73. The molecule has 0 fully saturated rings. The highest BCUT2D eigenvalue weighted by atomic mass is 35.5. The van der Waals surface area contributed by atoms with Crippen LogP contribution in [0.25, 0.3) is 44.8 Å². The summed E-state index contributed by atoms with van der Waals surface area (Å²) in [5, 5.41) is 2.44. The number of hydrogen-bond acceptors (Lipinski definition) is 9. The number of sulfone groups is 1. The van der Waals surface area contributed by atoms with Gasteiger partial charge in [0.1, 0.15) is 5.75 Å². The van der Waals surface area contributed by atoms with Crippen molar-refractivity contribution in [2.75, 3.05) is 6.26 Å². The molecule has 63 heavy (non-hydrogen) atoms. The lowest BCUT2D eigenvalue weighted by Gasteiger charge is -2.18. The molecule has 0 bridgehead atoms. The van der Waals surface area contributed by atoms with Gasteiger partial charge in [0.2, 0.25) is 5.88 Å². The summed E-state index contributed by atoms with van der Waals surface area (Å²) < 4.78 is 69.9. The SMILES string of the molecule is CC(C)Oc1nc(-c2ccc(Cl)cc2Cl)c(-c2ccc(Cl)cc2)c(S(C)(=O)=O)n1.CC(C)Oc1nc(Oc2ccc(F)c(F)c2)c(-c2ccc(Cl)cc2)c(-c2ccc(Cl)cc2Cl)n1. The second-order valence-corrected chi connectivity index (χ2v) is 18.6. The van der Waals surface area contributed by atoms with Gasteiger partial charge >= 0.3 is 12.0 Å². The highest BCUT2D eigenvalue weighted by Crippen LogP contribution is 2.44. The third kappa shape index (κ3) is 12.1. The highest BCUT2D eigenvalue weighted by molar-refractivity contribution is 7.90. The summed E-state index contributed by atoms with van der Waals surface area (Å²) >= 11 is 37.2. The van der Waals surface area contributed by atoms with Crippen LogP contribution in [0, 0.1) is 11.6 Å². The molecule has 5 aromatic carbocycles. The molecule has 326 valence electrons. The number of ether oxygens (including phenoxy) is 3. The van der Waals surface area contributed by atoms with E-state index < -0.39 is 21.5 Å². The van der Waals surface area contributed by atoms with E-state index in [1.54, 1.807) is 98.8 Å². The number of nitrogens with zero attached hydrogens (tertiary/aromatic N) is 4. The van der Waals surface area contributed by atoms with E-state index >= 15 is 0 Å². The van der Waals surface area contributed by atoms with Gasteiger partial charge in [0.05, 0.1) is 39.2 Å². The van der Waals surface area contributed by atoms with Crippen LogP contribution in [0.2, 0.25) is 30.1 Å². The second kappa shape index (κ2) is 20.4. The van der Waals surface area contributed by atoms with Crippen molar-refractivity contribution in [2.45, 2.75) is 44.9 Å². The first-order chi connectivity index (χ1) is 29.8. The summed E-state index contributed by atoms with van der Waals surface area (Å²) in [5.74, 6) is -1.96. The lowest BCUT2D eigenvalue weighted by molar-refractivity contribution is 0.220. The van der Waals surface area contributed by atoms with Crippen LogP contribution in [-0.2, 0) is 9.84 Å². The third-order valence-corrected chi connectivity index (χ3v) is 11.1. The molecule has 0 spiro atoms. The predicted octanol–water partition coefficient (Wildman–Crippen LogP) is 14.6. The van der Waals surface area contributed by atoms with E-state index in [9.17, 15) is 17.2 Å². The van der Waals surface area contributed by atoms with E-state index in [0.29, 0.717) is 74.9 Å². The summed E-state index contributed by atoms with van der Waals surface area (Å²) in [4.78, 5) is 17.7. The number of rotatable bonds is 11. The van der Waals surface area contributed by atoms with Crippen LogP contribution in [0.4, 0.5) is 8.78 Å². The van der Waals surface area contributed by atoms with Gasteiger partial charge in [0, 0.05) is 49.1 Å². The summed E-state index contributed by atoms with van der Waals surface area (Å²) in [6, 6.07) is 26.7. The van der Waals surface area contributed by atoms with Crippen molar-refractivity contribution >= 4 is 79.4 Å². The summed E-state index contributed by atoms with van der Waals surface area (Å²) in [6.45, 7) is 7.24. The monoisotopic (exact) mass is 990 g/mol. The Kier molecular flexibility index (Phi) is 15.4. The Labute approximate surface area is 392 Å². The maximum absolute atomic E-state index is 13.9. The van der Waals surface area contributed by atoms with Crippen LogP contribution in [0.5, 0.6) is 23.7 Å². The Bertz CT molecular complexity index is 2910. The van der Waals surface area contributed by atoms with Gasteiger partial charge in [-0.15, -0.1) is 0 Å². The molecule has 0 aliphatic rings. The van der Waals surface area contributed by atoms with E-state index in [0.717, 1.165) is 18.4 Å². The molecule has 2 heterocycles. The largest absolute Gasteiger partial charge is 0.461 e. The van der Waals surface area contributed by atoms with Crippen molar-refractivity contribution in [3.8, 4) is 68.4 Å². The van der Waals surface area contributed by atoms with E-state index in [1.165, 1.54) is 6.07 Å². The van der Waals surface area contributed by atoms with Gasteiger partial charge in [-0.05, 0) is 112 Å². The maximum atomic E-state index is 13.9. The van der Waals surface area contributed by atoms with E-state index in [1.807, 2.05) is 13.8 Å². The summed E-state index contributed by atoms with van der Waals surface area (Å²) in [6.07, 6.45) is 0.588. The minimum Gasteiger partial charge on any atom is -0.461 e. The first-order valence-electron chi connectivity index (χ1n) is 18.7. The molecule has 0 radical (unpaired) electrons. The minimum atomic E-state index is -3.73. The lowest BCUT2D eigenvalue weighted by Crippen LogP contribution is -2.13. The molecular formula is C45H34Cl6F2N4O5S. The van der Waals surface area contributed by atoms with Gasteiger partial charge in [-0.2, -0.15) is 19.9 Å². The fraction of sp³-hybridized carbons (Fsp3) is 0.156. The molecule has 9 nitrogen and oxygen atoms in total. The highest BCUT2D eigenvalue weighted by Gasteiger charge is 2.27. The van der Waals surface area contributed by atoms with Crippen LogP contribution in [-0.4, -0.2) is 46.8 Å². The van der Waals surface area contributed by atoms with Crippen LogP contribution >= 0.6 is 69.6 Å². The smallest absolute Gasteiger partial charge is 0.320 e. The van der Waals surface area contributed by atoms with Crippen LogP contribution in [0.1, 0.15) is 27.7 Å². The number of halogens is 8. The molecule has 18 heteroatoms. The van der Waals surface area contributed by atoms with Crippen molar-refractivity contribution in [2.24, 2.45) is 0 Å². The molecule has 0 N–H and O–H groups in total. The molecule has 0 aliphatic carbocycles. The number of aromatic nitrogens is 4.